The van der Waals surface area contributed by atoms with Gasteiger partial charge in [-0.1, -0.05) is 6.42 Å². The third-order valence-electron chi connectivity index (χ3n) is 6.32. The van der Waals surface area contributed by atoms with Crippen molar-refractivity contribution in [1.29, 1.82) is 0 Å². The van der Waals surface area contributed by atoms with Crippen molar-refractivity contribution < 1.29 is 22.3 Å². The second kappa shape index (κ2) is 11.2. The number of ether oxygens (including phenoxy) is 1. The first kappa shape index (κ1) is 24.5. The van der Waals surface area contributed by atoms with Gasteiger partial charge < -0.3 is 15.0 Å². The Kier molecular flexibility index (Phi) is 8.05. The van der Waals surface area contributed by atoms with Crippen LogP contribution in [0.1, 0.15) is 48.9 Å². The first-order valence-electron chi connectivity index (χ1n) is 12.0. The Bertz CT molecular complexity index is 1080. The Hall–Kier alpha value is -2.65. The molecule has 2 aliphatic rings. The van der Waals surface area contributed by atoms with Gasteiger partial charge in [0.1, 0.15) is 23.1 Å². The molecule has 7 nitrogen and oxygen atoms in total. The summed E-state index contributed by atoms with van der Waals surface area (Å²) in [4.78, 5) is 15.1. The molecule has 0 atom stereocenters. The molecule has 2 aliphatic heterocycles. The van der Waals surface area contributed by atoms with E-state index in [1.807, 2.05) is 0 Å². The highest BCUT2D eigenvalue weighted by atomic mass is 32.2. The number of nitrogens with one attached hydrogen (secondary N) is 1. The molecule has 0 aliphatic carbocycles. The van der Waals surface area contributed by atoms with Gasteiger partial charge in [0.05, 0.1) is 12.2 Å². The monoisotopic (exact) mass is 489 g/mol. The summed E-state index contributed by atoms with van der Waals surface area (Å²) < 4.78 is 47.2. The van der Waals surface area contributed by atoms with Gasteiger partial charge in [-0.2, -0.15) is 4.31 Å². The minimum Gasteiger partial charge on any atom is -0.492 e. The first-order valence-corrected chi connectivity index (χ1v) is 13.4. The number of anilines is 1. The highest BCUT2D eigenvalue weighted by Crippen LogP contribution is 2.32. The van der Waals surface area contributed by atoms with E-state index in [1.165, 1.54) is 30.3 Å². The molecule has 0 unspecified atom stereocenters. The lowest BCUT2D eigenvalue weighted by Gasteiger charge is -2.33. The number of nitrogens with zero attached hydrogens (tertiary/aromatic N) is 2. The van der Waals surface area contributed by atoms with Gasteiger partial charge in [-0.3, -0.25) is 4.79 Å². The van der Waals surface area contributed by atoms with Gasteiger partial charge in [0.15, 0.2) is 0 Å². The maximum absolute atomic E-state index is 13.6. The number of piperidine rings is 2. The second-order valence-electron chi connectivity index (χ2n) is 8.75. The summed E-state index contributed by atoms with van der Waals surface area (Å²) in [7, 11) is -3.71. The third kappa shape index (κ3) is 5.88. The van der Waals surface area contributed by atoms with E-state index in [1.54, 1.807) is 16.4 Å². The number of rotatable bonds is 8. The van der Waals surface area contributed by atoms with E-state index in [4.69, 9.17) is 4.74 Å². The van der Waals surface area contributed by atoms with Crippen LogP contribution in [0.3, 0.4) is 0 Å². The summed E-state index contributed by atoms with van der Waals surface area (Å²) in [6, 6.07) is 10.6. The van der Waals surface area contributed by atoms with E-state index in [0.717, 1.165) is 51.6 Å². The van der Waals surface area contributed by atoms with Crippen LogP contribution in [0.15, 0.2) is 47.4 Å². The van der Waals surface area contributed by atoms with Crippen LogP contribution in [0, 0.1) is 5.82 Å². The Morgan fingerprint density at radius 2 is 1.56 bits per heavy atom. The quantitative estimate of drug-likeness (QED) is 0.571. The minimum absolute atomic E-state index is 0.210. The van der Waals surface area contributed by atoms with Crippen LogP contribution >= 0.6 is 0 Å². The van der Waals surface area contributed by atoms with Gasteiger partial charge in [-0.05, 0) is 74.6 Å². The van der Waals surface area contributed by atoms with E-state index in [9.17, 15) is 17.6 Å². The highest BCUT2D eigenvalue weighted by molar-refractivity contribution is 7.89. The Morgan fingerprint density at radius 1 is 0.912 bits per heavy atom. The number of hydrogen-bond donors (Lipinski definition) is 1. The molecule has 0 aromatic heterocycles. The molecule has 1 amide bonds. The topological polar surface area (TPSA) is 79.0 Å². The number of amides is 1. The zero-order valence-electron chi connectivity index (χ0n) is 19.3. The molecule has 1 N–H and O–H groups in total. The first-order chi connectivity index (χ1) is 16.4. The zero-order valence-corrected chi connectivity index (χ0v) is 20.2. The maximum Gasteiger partial charge on any atom is 0.251 e. The summed E-state index contributed by atoms with van der Waals surface area (Å²) in [5.41, 5.74) is 0.986. The van der Waals surface area contributed by atoms with E-state index < -0.39 is 10.0 Å². The van der Waals surface area contributed by atoms with Crippen LogP contribution in [-0.2, 0) is 10.0 Å². The number of halogens is 1. The fourth-order valence-electron chi connectivity index (χ4n) is 4.47. The van der Waals surface area contributed by atoms with Crippen molar-refractivity contribution in [3.05, 3.63) is 53.8 Å². The van der Waals surface area contributed by atoms with Crippen LogP contribution in [0.2, 0.25) is 0 Å². The van der Waals surface area contributed by atoms with Crippen molar-refractivity contribution in [3.8, 4) is 5.75 Å². The maximum atomic E-state index is 13.6. The van der Waals surface area contributed by atoms with Crippen LogP contribution in [0.5, 0.6) is 5.75 Å². The number of carbonyl (C=O) groups is 1. The van der Waals surface area contributed by atoms with Crippen molar-refractivity contribution in [1.82, 2.24) is 9.62 Å². The molecule has 2 fully saturated rings. The van der Waals surface area contributed by atoms with Gasteiger partial charge in [-0.15, -0.1) is 0 Å². The molecule has 2 saturated heterocycles. The molecule has 4 rings (SSSR count). The molecule has 0 saturated carbocycles. The van der Waals surface area contributed by atoms with Crippen LogP contribution in [0.4, 0.5) is 10.1 Å². The smallest absolute Gasteiger partial charge is 0.251 e. The molecule has 2 heterocycles. The summed E-state index contributed by atoms with van der Waals surface area (Å²) in [6.07, 6.45) is 5.94. The molecular weight excluding hydrogens is 457 g/mol. The van der Waals surface area contributed by atoms with Crippen LogP contribution < -0.4 is 15.0 Å². The Morgan fingerprint density at radius 3 is 2.24 bits per heavy atom. The van der Waals surface area contributed by atoms with Gasteiger partial charge in [0.25, 0.3) is 5.91 Å². The zero-order chi connectivity index (χ0) is 24.0. The molecule has 0 spiro atoms. The predicted octanol–water partition coefficient (Wildman–Crippen LogP) is 3.80. The minimum atomic E-state index is -3.71. The average Bonchev–Trinajstić information content (AvgIpc) is 2.88. The van der Waals surface area contributed by atoms with Gasteiger partial charge in [-0.25, -0.2) is 12.8 Å². The second-order valence-corrected chi connectivity index (χ2v) is 10.7. The van der Waals surface area contributed by atoms with E-state index in [0.29, 0.717) is 30.1 Å². The van der Waals surface area contributed by atoms with Gasteiger partial charge in [0.2, 0.25) is 10.0 Å². The summed E-state index contributed by atoms with van der Waals surface area (Å²) in [6.45, 7) is 3.10. The number of carbonyl (C=O) groups excluding carboxylic acids is 1. The fourth-order valence-corrected chi connectivity index (χ4v) is 6.22. The Labute approximate surface area is 200 Å². The lowest BCUT2D eigenvalue weighted by Crippen LogP contribution is -2.38. The van der Waals surface area contributed by atoms with Crippen molar-refractivity contribution in [2.24, 2.45) is 0 Å². The standard InChI is InChI=1S/C25H32FN3O4S/c26-21-8-10-22(11-9-21)33-18-13-27-25(30)20-7-12-23(28-14-3-1-4-15-28)24(19-20)34(31,32)29-16-5-2-6-17-29/h7-12,19H,1-6,13-18H2,(H,27,30). The fraction of sp³-hybridized carbons (Fsp3) is 0.480. The van der Waals surface area contributed by atoms with Gasteiger partial charge in [0, 0.05) is 31.7 Å². The van der Waals surface area contributed by atoms with Gasteiger partial charge >= 0.3 is 0 Å². The lowest BCUT2D eigenvalue weighted by molar-refractivity contribution is 0.0947. The van der Waals surface area contributed by atoms with Crippen LogP contribution in [-0.4, -0.2) is 58.0 Å². The van der Waals surface area contributed by atoms with Crippen molar-refractivity contribution in [2.75, 3.05) is 44.2 Å². The van der Waals surface area contributed by atoms with Crippen LogP contribution in [0.25, 0.3) is 0 Å². The van der Waals surface area contributed by atoms with E-state index in [2.05, 4.69) is 10.2 Å². The molecule has 184 valence electrons. The largest absolute Gasteiger partial charge is 0.492 e. The van der Waals surface area contributed by atoms with Crippen molar-refractivity contribution >= 4 is 21.6 Å². The Balaban J connectivity index is 1.49. The highest BCUT2D eigenvalue weighted by Gasteiger charge is 2.31. The predicted molar refractivity (Wildman–Crippen MR) is 129 cm³/mol. The summed E-state index contributed by atoms with van der Waals surface area (Å²) in [5, 5.41) is 2.78. The third-order valence-corrected chi connectivity index (χ3v) is 8.25. The summed E-state index contributed by atoms with van der Waals surface area (Å²) in [5.74, 6) is -0.191. The SMILES string of the molecule is O=C(NCCOc1ccc(F)cc1)c1ccc(N2CCCCC2)c(S(=O)(=O)N2CCCCC2)c1. The molecule has 2 aromatic carbocycles. The van der Waals surface area contributed by atoms with Crippen molar-refractivity contribution in [3.63, 3.8) is 0 Å². The molecule has 0 radical (unpaired) electrons. The summed E-state index contributed by atoms with van der Waals surface area (Å²) >= 11 is 0. The van der Waals surface area contributed by atoms with E-state index >= 15 is 0 Å². The van der Waals surface area contributed by atoms with E-state index in [-0.39, 0.29) is 29.8 Å². The lowest BCUT2D eigenvalue weighted by atomic mass is 10.1. The molecule has 9 heteroatoms. The normalized spacial score (nSPS) is 17.4. The van der Waals surface area contributed by atoms with Crippen molar-refractivity contribution in [2.45, 2.75) is 43.4 Å². The molecule has 2 aromatic rings. The molecule has 34 heavy (non-hydrogen) atoms. The number of benzene rings is 2. The average molecular weight is 490 g/mol. The molecule has 0 bridgehead atoms. The number of hydrogen-bond acceptors (Lipinski definition) is 5. The number of sulfonamides is 1. The molecular formula is C25H32FN3O4S.